The summed E-state index contributed by atoms with van der Waals surface area (Å²) in [6.07, 6.45) is 5.47. The minimum atomic E-state index is -0.793. The molecule has 0 aromatic heterocycles. The maximum absolute atomic E-state index is 12.0. The molecule has 0 fully saturated rings. The molecule has 1 rings (SSSR count). The zero-order valence-electron chi connectivity index (χ0n) is 14.8. The first-order chi connectivity index (χ1) is 12.0. The molecule has 0 bridgehead atoms. The Bertz CT molecular complexity index is 555. The van der Waals surface area contributed by atoms with Crippen LogP contribution in [0.1, 0.15) is 72.6 Å². The van der Waals surface area contributed by atoms with Gasteiger partial charge in [0.05, 0.1) is 0 Å². The van der Waals surface area contributed by atoms with Crippen LogP contribution in [0.3, 0.4) is 0 Å². The number of carbonyl (C=O) groups is 3. The Balaban J connectivity index is 2.31. The molecule has 0 aliphatic heterocycles. The van der Waals surface area contributed by atoms with Crippen molar-refractivity contribution in [2.24, 2.45) is 0 Å². The molecular weight excluding hydrogens is 320 g/mol. The van der Waals surface area contributed by atoms with Crippen molar-refractivity contribution in [3.8, 4) is 0 Å². The number of unbranched alkanes of at least 4 members (excludes halogenated alkanes) is 4. The summed E-state index contributed by atoms with van der Waals surface area (Å²) in [5, 5.41) is 14.2. The number of rotatable bonds is 12. The largest absolute Gasteiger partial charge is 0.481 e. The lowest BCUT2D eigenvalue weighted by molar-refractivity contribution is -0.137. The molecular formula is C19H28N2O4. The fourth-order valence-corrected chi connectivity index (χ4v) is 2.33. The van der Waals surface area contributed by atoms with Crippen LogP contribution in [0.4, 0.5) is 0 Å². The van der Waals surface area contributed by atoms with E-state index in [1.165, 1.54) is 0 Å². The van der Waals surface area contributed by atoms with Gasteiger partial charge in [0.1, 0.15) is 0 Å². The van der Waals surface area contributed by atoms with E-state index in [0.29, 0.717) is 30.6 Å². The Morgan fingerprint density at radius 1 is 0.800 bits per heavy atom. The van der Waals surface area contributed by atoms with Crippen LogP contribution in [-0.2, 0) is 4.79 Å². The Morgan fingerprint density at radius 2 is 1.28 bits per heavy atom. The summed E-state index contributed by atoms with van der Waals surface area (Å²) in [6.45, 7) is 3.29. The normalized spacial score (nSPS) is 10.3. The Morgan fingerprint density at radius 3 is 1.72 bits per heavy atom. The summed E-state index contributed by atoms with van der Waals surface area (Å²) in [6, 6.07) is 6.58. The predicted molar refractivity (Wildman–Crippen MR) is 96.7 cm³/mol. The van der Waals surface area contributed by atoms with E-state index in [2.05, 4.69) is 17.6 Å². The Kier molecular flexibility index (Phi) is 9.97. The van der Waals surface area contributed by atoms with Crippen LogP contribution in [0.5, 0.6) is 0 Å². The summed E-state index contributed by atoms with van der Waals surface area (Å²) >= 11 is 0. The fraction of sp³-hybridized carbons (Fsp3) is 0.526. The molecule has 0 unspecified atom stereocenters. The third-order valence-corrected chi connectivity index (χ3v) is 3.83. The SMILES string of the molecule is CCCCCNC(=O)c1ccc(C(=O)NCCCCCC(=O)O)cc1. The standard InChI is InChI=1S/C19H28N2O4/c1-2-3-6-13-20-18(24)15-9-11-16(12-10-15)19(25)21-14-7-4-5-8-17(22)23/h9-12H,2-8,13-14H2,1H3,(H,20,24)(H,21,25)(H,22,23). The van der Waals surface area contributed by atoms with Gasteiger partial charge in [-0.2, -0.15) is 0 Å². The zero-order chi connectivity index (χ0) is 18.5. The van der Waals surface area contributed by atoms with Crippen molar-refractivity contribution in [1.82, 2.24) is 10.6 Å². The summed E-state index contributed by atoms with van der Waals surface area (Å²) in [5.41, 5.74) is 1.05. The maximum Gasteiger partial charge on any atom is 0.303 e. The molecule has 138 valence electrons. The van der Waals surface area contributed by atoms with Crippen LogP contribution in [-0.4, -0.2) is 36.0 Å². The van der Waals surface area contributed by atoms with Crippen molar-refractivity contribution in [2.45, 2.75) is 51.9 Å². The van der Waals surface area contributed by atoms with Gasteiger partial charge in [0, 0.05) is 30.6 Å². The number of amides is 2. The first kappa shape index (κ1) is 20.7. The van der Waals surface area contributed by atoms with Gasteiger partial charge < -0.3 is 15.7 Å². The number of carboxylic acids is 1. The van der Waals surface area contributed by atoms with Gasteiger partial charge in [-0.05, 0) is 43.5 Å². The lowest BCUT2D eigenvalue weighted by Gasteiger charge is -2.07. The molecule has 3 N–H and O–H groups in total. The predicted octanol–water partition coefficient (Wildman–Crippen LogP) is 2.98. The monoisotopic (exact) mass is 348 g/mol. The number of carbonyl (C=O) groups excluding carboxylic acids is 2. The van der Waals surface area contributed by atoms with Crippen LogP contribution in [0.2, 0.25) is 0 Å². The maximum atomic E-state index is 12.0. The van der Waals surface area contributed by atoms with E-state index in [9.17, 15) is 14.4 Å². The average molecular weight is 348 g/mol. The van der Waals surface area contributed by atoms with Gasteiger partial charge in [-0.15, -0.1) is 0 Å². The third kappa shape index (κ3) is 8.88. The van der Waals surface area contributed by atoms with Crippen molar-refractivity contribution < 1.29 is 19.5 Å². The summed E-state index contributed by atoms with van der Waals surface area (Å²) in [5.74, 6) is -1.10. The first-order valence-electron chi connectivity index (χ1n) is 8.93. The van der Waals surface area contributed by atoms with Crippen LogP contribution in [0.25, 0.3) is 0 Å². The van der Waals surface area contributed by atoms with Crippen molar-refractivity contribution >= 4 is 17.8 Å². The van der Waals surface area contributed by atoms with E-state index in [-0.39, 0.29) is 18.2 Å². The fourth-order valence-electron chi connectivity index (χ4n) is 2.33. The highest BCUT2D eigenvalue weighted by Crippen LogP contribution is 2.05. The highest BCUT2D eigenvalue weighted by Gasteiger charge is 2.08. The second-order valence-electron chi connectivity index (χ2n) is 6.00. The van der Waals surface area contributed by atoms with E-state index in [0.717, 1.165) is 32.1 Å². The molecule has 6 nitrogen and oxygen atoms in total. The van der Waals surface area contributed by atoms with E-state index < -0.39 is 5.97 Å². The lowest BCUT2D eigenvalue weighted by Crippen LogP contribution is -2.26. The number of aliphatic carboxylic acids is 1. The van der Waals surface area contributed by atoms with Crippen LogP contribution in [0.15, 0.2) is 24.3 Å². The van der Waals surface area contributed by atoms with Gasteiger partial charge >= 0.3 is 5.97 Å². The molecule has 6 heteroatoms. The second kappa shape index (κ2) is 12.1. The molecule has 0 radical (unpaired) electrons. The van der Waals surface area contributed by atoms with Crippen LogP contribution >= 0.6 is 0 Å². The van der Waals surface area contributed by atoms with Gasteiger partial charge in [0.25, 0.3) is 11.8 Å². The van der Waals surface area contributed by atoms with Crippen molar-refractivity contribution in [3.05, 3.63) is 35.4 Å². The molecule has 0 spiro atoms. The first-order valence-corrected chi connectivity index (χ1v) is 8.93. The van der Waals surface area contributed by atoms with Crippen molar-refractivity contribution in [1.29, 1.82) is 0 Å². The van der Waals surface area contributed by atoms with Gasteiger partial charge in [-0.3, -0.25) is 14.4 Å². The van der Waals surface area contributed by atoms with E-state index in [4.69, 9.17) is 5.11 Å². The van der Waals surface area contributed by atoms with Crippen molar-refractivity contribution in [3.63, 3.8) is 0 Å². The highest BCUT2D eigenvalue weighted by atomic mass is 16.4. The number of benzene rings is 1. The van der Waals surface area contributed by atoms with E-state index >= 15 is 0 Å². The van der Waals surface area contributed by atoms with Crippen LogP contribution in [0, 0.1) is 0 Å². The number of nitrogens with one attached hydrogen (secondary N) is 2. The minimum Gasteiger partial charge on any atom is -0.481 e. The topological polar surface area (TPSA) is 95.5 Å². The molecule has 0 saturated heterocycles. The van der Waals surface area contributed by atoms with Crippen molar-refractivity contribution in [2.75, 3.05) is 13.1 Å². The van der Waals surface area contributed by atoms with Gasteiger partial charge in [-0.25, -0.2) is 0 Å². The molecule has 1 aromatic carbocycles. The van der Waals surface area contributed by atoms with E-state index in [1.54, 1.807) is 24.3 Å². The van der Waals surface area contributed by atoms with E-state index in [1.807, 2.05) is 0 Å². The quantitative estimate of drug-likeness (QED) is 0.506. The molecule has 0 aliphatic carbocycles. The third-order valence-electron chi connectivity index (χ3n) is 3.83. The summed E-state index contributed by atoms with van der Waals surface area (Å²) in [4.78, 5) is 34.4. The molecule has 0 saturated carbocycles. The molecule has 1 aromatic rings. The van der Waals surface area contributed by atoms with Gasteiger partial charge in [-0.1, -0.05) is 26.2 Å². The molecule has 0 heterocycles. The summed E-state index contributed by atoms with van der Waals surface area (Å²) < 4.78 is 0. The Labute approximate surface area is 149 Å². The molecule has 2 amide bonds. The number of carboxylic acid groups (broad SMARTS) is 1. The molecule has 0 atom stereocenters. The minimum absolute atomic E-state index is 0.124. The number of hydrogen-bond donors (Lipinski definition) is 3. The summed E-state index contributed by atoms with van der Waals surface area (Å²) in [7, 11) is 0. The average Bonchev–Trinajstić information content (AvgIpc) is 2.61. The smallest absolute Gasteiger partial charge is 0.303 e. The van der Waals surface area contributed by atoms with Gasteiger partial charge in [0.15, 0.2) is 0 Å². The Hall–Kier alpha value is -2.37. The van der Waals surface area contributed by atoms with Gasteiger partial charge in [0.2, 0.25) is 0 Å². The molecule has 0 aliphatic rings. The second-order valence-corrected chi connectivity index (χ2v) is 6.00. The number of hydrogen-bond acceptors (Lipinski definition) is 3. The highest BCUT2D eigenvalue weighted by molar-refractivity contribution is 5.97. The zero-order valence-corrected chi connectivity index (χ0v) is 14.8. The molecule has 25 heavy (non-hydrogen) atoms. The lowest BCUT2D eigenvalue weighted by atomic mass is 10.1. The van der Waals surface area contributed by atoms with Crippen LogP contribution < -0.4 is 10.6 Å².